The first kappa shape index (κ1) is 13.3. The lowest BCUT2D eigenvalue weighted by Gasteiger charge is -2.33. The van der Waals surface area contributed by atoms with Crippen molar-refractivity contribution in [3.8, 4) is 0 Å². The summed E-state index contributed by atoms with van der Waals surface area (Å²) in [6.45, 7) is 8.34. The maximum absolute atomic E-state index is 11.9. The van der Waals surface area contributed by atoms with Crippen molar-refractivity contribution in [2.24, 2.45) is 5.92 Å². The summed E-state index contributed by atoms with van der Waals surface area (Å²) in [7, 11) is 0. The topological polar surface area (TPSA) is 57.2 Å². The van der Waals surface area contributed by atoms with Crippen LogP contribution in [-0.2, 0) is 4.74 Å². The zero-order valence-electron chi connectivity index (χ0n) is 10.8. The van der Waals surface area contributed by atoms with Crippen LogP contribution in [0.2, 0.25) is 0 Å². The number of likely N-dealkylation sites (tertiary alicyclic amines) is 1. The van der Waals surface area contributed by atoms with Crippen molar-refractivity contribution in [1.82, 2.24) is 4.90 Å². The zero-order chi connectivity index (χ0) is 12.2. The Balaban J connectivity index is 2.44. The molecule has 94 valence electrons. The number of rotatable bonds is 2. The predicted octanol–water partition coefficient (Wildman–Crippen LogP) is 1.27. The first-order valence-electron chi connectivity index (χ1n) is 6.19. The van der Waals surface area contributed by atoms with Gasteiger partial charge in [0.1, 0.15) is 5.60 Å². The first-order valence-corrected chi connectivity index (χ1v) is 6.19. The minimum Gasteiger partial charge on any atom is -0.444 e. The summed E-state index contributed by atoms with van der Waals surface area (Å²) in [5.74, 6) is 0.610. The smallest absolute Gasteiger partial charge is 0.410 e. The lowest BCUT2D eigenvalue weighted by Crippen LogP contribution is -2.52. The van der Waals surface area contributed by atoms with E-state index in [2.05, 4.69) is 5.73 Å². The van der Waals surface area contributed by atoms with E-state index < -0.39 is 5.60 Å². The van der Waals surface area contributed by atoms with Gasteiger partial charge in [0.2, 0.25) is 0 Å². The number of ether oxygens (including phenoxy) is 1. The van der Waals surface area contributed by atoms with Gasteiger partial charge < -0.3 is 15.4 Å². The highest BCUT2D eigenvalue weighted by Gasteiger charge is 2.27. The largest absolute Gasteiger partial charge is 0.444 e. The molecule has 1 amide bonds. The summed E-state index contributed by atoms with van der Waals surface area (Å²) >= 11 is 0. The van der Waals surface area contributed by atoms with E-state index in [9.17, 15) is 4.79 Å². The molecule has 1 fully saturated rings. The van der Waals surface area contributed by atoms with Crippen LogP contribution >= 0.6 is 0 Å². The molecule has 4 heteroatoms. The number of carbonyl (C=O) groups excluding carboxylic acids is 1. The molecular weight excluding hydrogens is 204 g/mol. The second-order valence-electron chi connectivity index (χ2n) is 5.58. The first-order chi connectivity index (χ1) is 7.42. The maximum Gasteiger partial charge on any atom is 0.410 e. The Morgan fingerprint density at radius 2 is 2.19 bits per heavy atom. The molecule has 0 spiro atoms. The minimum absolute atomic E-state index is 0.165. The number of amides is 1. The monoisotopic (exact) mass is 229 g/mol. The van der Waals surface area contributed by atoms with Crippen molar-refractivity contribution >= 4 is 6.09 Å². The number of piperidine rings is 1. The van der Waals surface area contributed by atoms with Gasteiger partial charge in [-0.05, 0) is 39.5 Å². The quantitative estimate of drug-likeness (QED) is 0.775. The Bertz CT molecular complexity index is 234. The molecule has 0 saturated carbocycles. The lowest BCUT2D eigenvalue weighted by atomic mass is 9.95. The maximum atomic E-state index is 11.9. The molecule has 1 saturated heterocycles. The van der Waals surface area contributed by atoms with E-state index in [1.807, 2.05) is 25.7 Å². The molecule has 0 aromatic carbocycles. The summed E-state index contributed by atoms with van der Waals surface area (Å²) < 4.78 is 5.38. The molecule has 1 aliphatic rings. The lowest BCUT2D eigenvalue weighted by molar-refractivity contribution is -0.370. The fourth-order valence-electron chi connectivity index (χ4n) is 2.08. The summed E-state index contributed by atoms with van der Waals surface area (Å²) in [6.07, 6.45) is 3.25. The van der Waals surface area contributed by atoms with Crippen LogP contribution in [0.1, 0.15) is 40.0 Å². The molecule has 0 aliphatic carbocycles. The van der Waals surface area contributed by atoms with Crippen molar-refractivity contribution in [3.63, 3.8) is 0 Å². The van der Waals surface area contributed by atoms with Gasteiger partial charge in [0.25, 0.3) is 0 Å². The highest BCUT2D eigenvalue weighted by atomic mass is 16.6. The second-order valence-corrected chi connectivity index (χ2v) is 5.58. The van der Waals surface area contributed by atoms with Crippen molar-refractivity contribution in [3.05, 3.63) is 0 Å². The zero-order valence-corrected chi connectivity index (χ0v) is 10.8. The van der Waals surface area contributed by atoms with Crippen LogP contribution in [0, 0.1) is 5.92 Å². The van der Waals surface area contributed by atoms with Crippen LogP contribution in [0.5, 0.6) is 0 Å². The molecule has 0 radical (unpaired) electrons. The van der Waals surface area contributed by atoms with Gasteiger partial charge in [-0.1, -0.05) is 0 Å². The van der Waals surface area contributed by atoms with Crippen LogP contribution in [0.4, 0.5) is 4.79 Å². The molecule has 3 N–H and O–H groups in total. The van der Waals surface area contributed by atoms with Gasteiger partial charge >= 0.3 is 6.09 Å². The average Bonchev–Trinajstić information content (AvgIpc) is 2.16. The molecule has 1 atom stereocenters. The number of hydrogen-bond donors (Lipinski definition) is 1. The molecule has 16 heavy (non-hydrogen) atoms. The van der Waals surface area contributed by atoms with Gasteiger partial charge in [-0.2, -0.15) is 0 Å². The molecule has 1 heterocycles. The Morgan fingerprint density at radius 1 is 1.50 bits per heavy atom. The van der Waals surface area contributed by atoms with Gasteiger partial charge in [0.15, 0.2) is 0 Å². The number of carbonyl (C=O) groups is 1. The van der Waals surface area contributed by atoms with E-state index >= 15 is 0 Å². The fourth-order valence-corrected chi connectivity index (χ4v) is 2.08. The van der Waals surface area contributed by atoms with E-state index in [0.29, 0.717) is 5.92 Å². The number of quaternary nitrogens is 1. The van der Waals surface area contributed by atoms with Gasteiger partial charge in [-0.25, -0.2) is 4.79 Å². The van der Waals surface area contributed by atoms with Crippen LogP contribution in [-0.4, -0.2) is 36.2 Å². The van der Waals surface area contributed by atoms with Crippen LogP contribution < -0.4 is 5.73 Å². The molecule has 1 rings (SSSR count). The molecule has 0 aromatic rings. The molecule has 4 nitrogen and oxygen atoms in total. The third-order valence-electron chi connectivity index (χ3n) is 2.78. The SMILES string of the molecule is CC(C)(C)OC(=O)N1CCC[C@@H](CC[NH3+])C1. The summed E-state index contributed by atoms with van der Waals surface area (Å²) in [4.78, 5) is 13.7. The van der Waals surface area contributed by atoms with E-state index in [0.717, 1.165) is 32.5 Å². The van der Waals surface area contributed by atoms with Crippen LogP contribution in [0.3, 0.4) is 0 Å². The van der Waals surface area contributed by atoms with Gasteiger partial charge in [-0.15, -0.1) is 0 Å². The fraction of sp³-hybridized carbons (Fsp3) is 0.917. The van der Waals surface area contributed by atoms with E-state index in [-0.39, 0.29) is 6.09 Å². The Hall–Kier alpha value is -0.770. The second kappa shape index (κ2) is 5.53. The molecule has 0 bridgehead atoms. The van der Waals surface area contributed by atoms with E-state index in [1.165, 1.54) is 6.42 Å². The minimum atomic E-state index is -0.393. The molecular formula is C12H25N2O2+. The Labute approximate surface area is 98.1 Å². The van der Waals surface area contributed by atoms with E-state index in [4.69, 9.17) is 4.74 Å². The third kappa shape index (κ3) is 4.39. The number of nitrogens with zero attached hydrogens (tertiary/aromatic N) is 1. The Morgan fingerprint density at radius 3 is 2.75 bits per heavy atom. The highest BCUT2D eigenvalue weighted by molar-refractivity contribution is 5.68. The average molecular weight is 229 g/mol. The number of hydrogen-bond acceptors (Lipinski definition) is 2. The van der Waals surface area contributed by atoms with Crippen molar-refractivity contribution in [1.29, 1.82) is 0 Å². The van der Waals surface area contributed by atoms with Gasteiger partial charge in [0, 0.05) is 19.5 Å². The molecule has 0 unspecified atom stereocenters. The predicted molar refractivity (Wildman–Crippen MR) is 62.9 cm³/mol. The van der Waals surface area contributed by atoms with Crippen molar-refractivity contribution in [2.75, 3.05) is 19.6 Å². The summed E-state index contributed by atoms with van der Waals surface area (Å²) in [5, 5.41) is 0. The summed E-state index contributed by atoms with van der Waals surface area (Å²) in [6, 6.07) is 0. The van der Waals surface area contributed by atoms with Crippen LogP contribution in [0.25, 0.3) is 0 Å². The standard InChI is InChI=1S/C12H24N2O2/c1-12(2,3)16-11(15)14-8-4-5-10(9-14)6-7-13/h10H,4-9,13H2,1-3H3/p+1/t10-/m0/s1. The Kier molecular flexibility index (Phi) is 4.59. The van der Waals surface area contributed by atoms with Gasteiger partial charge in [0.05, 0.1) is 6.54 Å². The highest BCUT2D eigenvalue weighted by Crippen LogP contribution is 2.20. The van der Waals surface area contributed by atoms with Crippen molar-refractivity contribution in [2.45, 2.75) is 45.6 Å². The van der Waals surface area contributed by atoms with Gasteiger partial charge in [-0.3, -0.25) is 0 Å². The van der Waals surface area contributed by atoms with Crippen molar-refractivity contribution < 1.29 is 15.3 Å². The molecule has 0 aromatic heterocycles. The third-order valence-corrected chi connectivity index (χ3v) is 2.78. The normalized spacial score (nSPS) is 22.0. The van der Waals surface area contributed by atoms with E-state index in [1.54, 1.807) is 0 Å². The molecule has 1 aliphatic heterocycles. The van der Waals surface area contributed by atoms with Crippen LogP contribution in [0.15, 0.2) is 0 Å². The summed E-state index contributed by atoms with van der Waals surface area (Å²) in [5.41, 5.74) is 3.48.